The molecule has 1 aromatic carbocycles. The van der Waals surface area contributed by atoms with Crippen LogP contribution in [0.4, 0.5) is 5.69 Å². The molecule has 0 bridgehead atoms. The number of fused-ring (bicyclic) bond motifs is 1. The third-order valence-electron chi connectivity index (χ3n) is 6.45. The van der Waals surface area contributed by atoms with Gasteiger partial charge in [0.15, 0.2) is 5.96 Å². The standard InChI is InChI=1S/C23H35N5O/c1-2-24-23(27-16-12-20(18-27)26-14-5-6-15-26)25-13-7-10-22(29)28-17-11-19-8-3-4-9-21(19)28/h3-4,8-9,20H,2,5-7,10-18H2,1H3,(H,24,25). The Morgan fingerprint density at radius 2 is 2.00 bits per heavy atom. The molecule has 1 unspecified atom stereocenters. The maximum Gasteiger partial charge on any atom is 0.227 e. The number of guanidine groups is 1. The number of carbonyl (C=O) groups is 1. The molecule has 0 radical (unpaired) electrons. The molecular weight excluding hydrogens is 362 g/mol. The van der Waals surface area contributed by atoms with Gasteiger partial charge in [-0.1, -0.05) is 18.2 Å². The number of nitrogens with zero attached hydrogens (tertiary/aromatic N) is 4. The minimum absolute atomic E-state index is 0.227. The molecule has 0 aliphatic carbocycles. The lowest BCUT2D eigenvalue weighted by Gasteiger charge is -2.25. The average molecular weight is 398 g/mol. The minimum atomic E-state index is 0.227. The number of nitrogens with one attached hydrogen (secondary N) is 1. The van der Waals surface area contributed by atoms with Crippen LogP contribution in [0.3, 0.4) is 0 Å². The van der Waals surface area contributed by atoms with Crippen LogP contribution in [-0.2, 0) is 11.2 Å². The summed E-state index contributed by atoms with van der Waals surface area (Å²) in [5, 5.41) is 3.45. The van der Waals surface area contributed by atoms with Gasteiger partial charge in [0.25, 0.3) is 0 Å². The number of carbonyl (C=O) groups excluding carboxylic acids is 1. The summed E-state index contributed by atoms with van der Waals surface area (Å²) in [7, 11) is 0. The van der Waals surface area contributed by atoms with Gasteiger partial charge in [-0.05, 0) is 63.7 Å². The van der Waals surface area contributed by atoms with Crippen molar-refractivity contribution in [2.45, 2.75) is 51.5 Å². The fourth-order valence-corrected chi connectivity index (χ4v) is 4.91. The van der Waals surface area contributed by atoms with E-state index in [9.17, 15) is 4.79 Å². The van der Waals surface area contributed by atoms with E-state index in [1.165, 1.54) is 37.9 Å². The minimum Gasteiger partial charge on any atom is -0.357 e. The molecule has 1 atom stereocenters. The van der Waals surface area contributed by atoms with Crippen molar-refractivity contribution in [1.82, 2.24) is 15.1 Å². The van der Waals surface area contributed by atoms with Gasteiger partial charge in [-0.15, -0.1) is 0 Å². The van der Waals surface area contributed by atoms with E-state index in [2.05, 4.69) is 40.2 Å². The molecule has 6 heteroatoms. The van der Waals surface area contributed by atoms with E-state index in [0.717, 1.165) is 50.7 Å². The maximum atomic E-state index is 12.7. The summed E-state index contributed by atoms with van der Waals surface area (Å²) in [5.41, 5.74) is 2.38. The first-order valence-corrected chi connectivity index (χ1v) is 11.4. The summed E-state index contributed by atoms with van der Waals surface area (Å²) >= 11 is 0. The highest BCUT2D eigenvalue weighted by atomic mass is 16.2. The van der Waals surface area contributed by atoms with E-state index in [4.69, 9.17) is 4.99 Å². The van der Waals surface area contributed by atoms with Crippen LogP contribution in [-0.4, -0.2) is 73.5 Å². The van der Waals surface area contributed by atoms with Crippen LogP contribution in [0.25, 0.3) is 0 Å². The lowest BCUT2D eigenvalue weighted by molar-refractivity contribution is -0.118. The number of aliphatic imine (C=N–C) groups is 1. The Balaban J connectivity index is 1.26. The highest BCUT2D eigenvalue weighted by Crippen LogP contribution is 2.28. The summed E-state index contributed by atoms with van der Waals surface area (Å²) in [6.45, 7) is 9.20. The second-order valence-electron chi connectivity index (χ2n) is 8.39. The fraction of sp³-hybridized carbons (Fsp3) is 0.652. The average Bonchev–Trinajstić information content (AvgIpc) is 3.49. The van der Waals surface area contributed by atoms with E-state index in [-0.39, 0.29) is 5.91 Å². The second kappa shape index (κ2) is 9.61. The Hall–Kier alpha value is -2.08. The zero-order valence-electron chi connectivity index (χ0n) is 17.8. The number of para-hydroxylation sites is 1. The first-order chi connectivity index (χ1) is 14.3. The van der Waals surface area contributed by atoms with Crippen LogP contribution in [0, 0.1) is 0 Å². The number of hydrogen-bond acceptors (Lipinski definition) is 3. The normalized spacial score (nSPS) is 22.4. The predicted octanol–water partition coefficient (Wildman–Crippen LogP) is 2.49. The summed E-state index contributed by atoms with van der Waals surface area (Å²) < 4.78 is 0. The van der Waals surface area contributed by atoms with Crippen molar-refractivity contribution in [3.8, 4) is 0 Å². The highest BCUT2D eigenvalue weighted by Gasteiger charge is 2.30. The Bertz CT molecular complexity index is 728. The van der Waals surface area contributed by atoms with E-state index in [1.807, 2.05) is 11.0 Å². The van der Waals surface area contributed by atoms with Gasteiger partial charge in [-0.3, -0.25) is 14.7 Å². The van der Waals surface area contributed by atoms with Crippen molar-refractivity contribution < 1.29 is 4.79 Å². The predicted molar refractivity (Wildman–Crippen MR) is 118 cm³/mol. The largest absolute Gasteiger partial charge is 0.357 e. The van der Waals surface area contributed by atoms with Crippen molar-refractivity contribution in [1.29, 1.82) is 0 Å². The summed E-state index contributed by atoms with van der Waals surface area (Å²) in [6.07, 6.45) is 6.26. The summed E-state index contributed by atoms with van der Waals surface area (Å²) in [5.74, 6) is 1.25. The van der Waals surface area contributed by atoms with Crippen LogP contribution >= 0.6 is 0 Å². The van der Waals surface area contributed by atoms with E-state index < -0.39 is 0 Å². The molecule has 1 aromatic rings. The third-order valence-corrected chi connectivity index (χ3v) is 6.45. The summed E-state index contributed by atoms with van der Waals surface area (Å²) in [6, 6.07) is 8.93. The van der Waals surface area contributed by atoms with Crippen LogP contribution in [0.15, 0.2) is 29.3 Å². The van der Waals surface area contributed by atoms with Gasteiger partial charge in [0, 0.05) is 50.9 Å². The van der Waals surface area contributed by atoms with Gasteiger partial charge in [-0.2, -0.15) is 0 Å². The van der Waals surface area contributed by atoms with Crippen molar-refractivity contribution >= 4 is 17.6 Å². The molecule has 3 aliphatic heterocycles. The van der Waals surface area contributed by atoms with Crippen molar-refractivity contribution in [3.63, 3.8) is 0 Å². The quantitative estimate of drug-likeness (QED) is 0.455. The molecule has 2 fully saturated rings. The molecule has 2 saturated heterocycles. The SMILES string of the molecule is CCNC(=NCCCC(=O)N1CCc2ccccc21)N1CCC(N2CCCC2)C1. The molecule has 0 aromatic heterocycles. The van der Waals surface area contributed by atoms with Gasteiger partial charge < -0.3 is 15.1 Å². The van der Waals surface area contributed by atoms with Crippen molar-refractivity contribution in [3.05, 3.63) is 29.8 Å². The second-order valence-corrected chi connectivity index (χ2v) is 8.39. The Morgan fingerprint density at radius 3 is 2.83 bits per heavy atom. The molecule has 3 heterocycles. The topological polar surface area (TPSA) is 51.2 Å². The lowest BCUT2D eigenvalue weighted by atomic mass is 10.2. The lowest BCUT2D eigenvalue weighted by Crippen LogP contribution is -2.42. The van der Waals surface area contributed by atoms with Crippen LogP contribution in [0.5, 0.6) is 0 Å². The van der Waals surface area contributed by atoms with Crippen LogP contribution < -0.4 is 10.2 Å². The molecule has 0 saturated carbocycles. The van der Waals surface area contributed by atoms with Gasteiger partial charge in [0.1, 0.15) is 0 Å². The number of hydrogen-bond donors (Lipinski definition) is 1. The zero-order valence-corrected chi connectivity index (χ0v) is 17.8. The number of likely N-dealkylation sites (tertiary alicyclic amines) is 2. The molecule has 6 nitrogen and oxygen atoms in total. The van der Waals surface area contributed by atoms with Gasteiger partial charge in [0.05, 0.1) is 0 Å². The molecule has 1 N–H and O–H groups in total. The molecule has 1 amide bonds. The first kappa shape index (κ1) is 20.2. The van der Waals surface area contributed by atoms with E-state index in [1.54, 1.807) is 0 Å². The molecule has 158 valence electrons. The Kier molecular flexibility index (Phi) is 6.70. The highest BCUT2D eigenvalue weighted by molar-refractivity contribution is 5.95. The van der Waals surface area contributed by atoms with Crippen molar-refractivity contribution in [2.75, 3.05) is 50.7 Å². The molecule has 4 rings (SSSR count). The molecular formula is C23H35N5O. The monoisotopic (exact) mass is 397 g/mol. The van der Waals surface area contributed by atoms with Crippen LogP contribution in [0.2, 0.25) is 0 Å². The van der Waals surface area contributed by atoms with E-state index in [0.29, 0.717) is 19.0 Å². The fourth-order valence-electron chi connectivity index (χ4n) is 4.91. The number of amides is 1. The smallest absolute Gasteiger partial charge is 0.227 e. The number of rotatable bonds is 6. The molecule has 0 spiro atoms. The molecule has 29 heavy (non-hydrogen) atoms. The third kappa shape index (κ3) is 4.74. The number of benzene rings is 1. The zero-order chi connectivity index (χ0) is 20.1. The Morgan fingerprint density at radius 1 is 1.17 bits per heavy atom. The maximum absolute atomic E-state index is 12.7. The van der Waals surface area contributed by atoms with Gasteiger partial charge in [-0.25, -0.2) is 0 Å². The Labute approximate surface area is 175 Å². The van der Waals surface area contributed by atoms with Crippen LogP contribution in [0.1, 0.15) is 44.6 Å². The van der Waals surface area contributed by atoms with E-state index >= 15 is 0 Å². The number of anilines is 1. The van der Waals surface area contributed by atoms with Gasteiger partial charge in [0.2, 0.25) is 5.91 Å². The summed E-state index contributed by atoms with van der Waals surface area (Å²) in [4.78, 5) is 24.5. The van der Waals surface area contributed by atoms with Crippen molar-refractivity contribution in [2.24, 2.45) is 4.99 Å². The van der Waals surface area contributed by atoms with Gasteiger partial charge >= 0.3 is 0 Å². The molecule has 3 aliphatic rings. The first-order valence-electron chi connectivity index (χ1n) is 11.4.